The number of nitrogens with zero attached hydrogens (tertiary/aromatic N) is 3. The van der Waals surface area contributed by atoms with Crippen molar-refractivity contribution in [2.24, 2.45) is 0 Å². The van der Waals surface area contributed by atoms with Gasteiger partial charge in [0.05, 0.1) is 5.69 Å². The van der Waals surface area contributed by atoms with Crippen molar-refractivity contribution in [2.75, 3.05) is 6.54 Å². The summed E-state index contributed by atoms with van der Waals surface area (Å²) in [6, 6.07) is 22.5. The van der Waals surface area contributed by atoms with Crippen LogP contribution in [0.3, 0.4) is 0 Å². The number of imidazole rings is 1. The van der Waals surface area contributed by atoms with Gasteiger partial charge in [0.2, 0.25) is 0 Å². The topological polar surface area (TPSA) is 84.7 Å². The van der Waals surface area contributed by atoms with Crippen molar-refractivity contribution in [3.05, 3.63) is 102 Å². The SMILES string of the molecule is CCc1nc(-c2ccccc2)cn1-c1ccc(CCN(C(=O)Oc2ccc(F)cc2)S(=O)O)cc1. The Morgan fingerprint density at radius 3 is 2.37 bits per heavy atom. The Bertz CT molecular complexity index is 1310. The molecule has 1 aromatic heterocycles. The van der Waals surface area contributed by atoms with Gasteiger partial charge in [0.25, 0.3) is 11.3 Å². The van der Waals surface area contributed by atoms with E-state index in [0.29, 0.717) is 10.7 Å². The summed E-state index contributed by atoms with van der Waals surface area (Å²) in [6.07, 6.45) is 2.12. The molecule has 1 amide bonds. The number of ether oxygens (including phenoxy) is 1. The highest BCUT2D eigenvalue weighted by molar-refractivity contribution is 7.77. The molecule has 0 aliphatic rings. The summed E-state index contributed by atoms with van der Waals surface area (Å²) in [7, 11) is 0. The molecule has 1 unspecified atom stereocenters. The van der Waals surface area contributed by atoms with Gasteiger partial charge in [-0.25, -0.2) is 22.7 Å². The summed E-state index contributed by atoms with van der Waals surface area (Å²) in [4.78, 5) is 17.1. The number of carbonyl (C=O) groups is 1. The Kier molecular flexibility index (Phi) is 7.69. The fourth-order valence-corrected chi connectivity index (χ4v) is 3.99. The first kappa shape index (κ1) is 24.3. The summed E-state index contributed by atoms with van der Waals surface area (Å²) >= 11 is -2.57. The summed E-state index contributed by atoms with van der Waals surface area (Å²) in [5.74, 6) is 0.536. The van der Waals surface area contributed by atoms with Gasteiger partial charge in [-0.05, 0) is 48.4 Å². The fraction of sp³-hybridized carbons (Fsp3) is 0.154. The number of benzene rings is 3. The van der Waals surface area contributed by atoms with Gasteiger partial charge in [0.1, 0.15) is 17.4 Å². The Morgan fingerprint density at radius 2 is 1.74 bits per heavy atom. The van der Waals surface area contributed by atoms with Gasteiger partial charge in [-0.15, -0.1) is 0 Å². The lowest BCUT2D eigenvalue weighted by Crippen LogP contribution is -2.36. The van der Waals surface area contributed by atoms with Crippen LogP contribution in [0, 0.1) is 5.82 Å². The molecule has 0 aliphatic heterocycles. The van der Waals surface area contributed by atoms with Crippen LogP contribution in [-0.2, 0) is 24.1 Å². The lowest BCUT2D eigenvalue weighted by Gasteiger charge is -2.17. The van der Waals surface area contributed by atoms with Gasteiger partial charge >= 0.3 is 6.09 Å². The second-order valence-corrected chi connectivity index (χ2v) is 8.61. The second-order valence-electron chi connectivity index (χ2n) is 7.70. The molecule has 0 fully saturated rings. The van der Waals surface area contributed by atoms with Gasteiger partial charge in [-0.3, -0.25) is 4.55 Å². The maximum absolute atomic E-state index is 13.0. The lowest BCUT2D eigenvalue weighted by atomic mass is 10.1. The summed E-state index contributed by atoms with van der Waals surface area (Å²) in [5, 5.41) is 0. The van der Waals surface area contributed by atoms with Crippen molar-refractivity contribution in [1.29, 1.82) is 0 Å². The zero-order chi connectivity index (χ0) is 24.8. The van der Waals surface area contributed by atoms with Crippen LogP contribution in [-0.4, -0.2) is 35.3 Å². The van der Waals surface area contributed by atoms with Crippen LogP contribution in [0.1, 0.15) is 18.3 Å². The Morgan fingerprint density at radius 1 is 1.06 bits per heavy atom. The molecule has 0 radical (unpaired) electrons. The van der Waals surface area contributed by atoms with E-state index in [0.717, 1.165) is 46.9 Å². The molecular weight excluding hydrogens is 469 g/mol. The highest BCUT2D eigenvalue weighted by atomic mass is 32.2. The fourth-order valence-electron chi connectivity index (χ4n) is 3.58. The zero-order valence-corrected chi connectivity index (χ0v) is 19.8. The van der Waals surface area contributed by atoms with Crippen LogP contribution in [0.4, 0.5) is 9.18 Å². The van der Waals surface area contributed by atoms with Crippen molar-refractivity contribution in [3.8, 4) is 22.7 Å². The van der Waals surface area contributed by atoms with Crippen LogP contribution in [0.5, 0.6) is 5.75 Å². The number of hydrogen-bond acceptors (Lipinski definition) is 4. The molecule has 9 heteroatoms. The number of halogens is 1. The Hall–Kier alpha value is -3.82. The number of carbonyl (C=O) groups excluding carboxylic acids is 1. The third-order valence-electron chi connectivity index (χ3n) is 5.39. The minimum Gasteiger partial charge on any atom is -0.409 e. The van der Waals surface area contributed by atoms with Crippen LogP contribution in [0.2, 0.25) is 0 Å². The monoisotopic (exact) mass is 493 g/mol. The number of aromatic nitrogens is 2. The average Bonchev–Trinajstić information content (AvgIpc) is 3.31. The van der Waals surface area contributed by atoms with E-state index < -0.39 is 23.2 Å². The van der Waals surface area contributed by atoms with E-state index in [9.17, 15) is 17.9 Å². The highest BCUT2D eigenvalue weighted by Crippen LogP contribution is 2.22. The number of rotatable bonds is 8. The van der Waals surface area contributed by atoms with E-state index in [1.54, 1.807) is 0 Å². The van der Waals surface area contributed by atoms with Crippen molar-refractivity contribution in [3.63, 3.8) is 0 Å². The molecule has 1 N–H and O–H groups in total. The predicted molar refractivity (Wildman–Crippen MR) is 132 cm³/mol. The van der Waals surface area contributed by atoms with Crippen LogP contribution < -0.4 is 4.74 Å². The molecular formula is C26H24FN3O4S. The normalized spacial score (nSPS) is 11.7. The molecule has 4 aromatic rings. The van der Waals surface area contributed by atoms with E-state index in [4.69, 9.17) is 9.72 Å². The molecule has 3 aromatic carbocycles. The van der Waals surface area contributed by atoms with Crippen molar-refractivity contribution in [1.82, 2.24) is 13.9 Å². The quantitative estimate of drug-likeness (QED) is 0.331. The molecule has 35 heavy (non-hydrogen) atoms. The van der Waals surface area contributed by atoms with Gasteiger partial charge < -0.3 is 9.30 Å². The number of aryl methyl sites for hydroxylation is 1. The molecule has 0 bridgehead atoms. The van der Waals surface area contributed by atoms with Crippen molar-refractivity contribution < 1.29 is 22.7 Å². The third-order valence-corrected chi connectivity index (χ3v) is 6.10. The maximum Gasteiger partial charge on any atom is 0.428 e. The Labute approximate surface area is 205 Å². The molecule has 0 saturated heterocycles. The van der Waals surface area contributed by atoms with Crippen LogP contribution in [0.15, 0.2) is 85.1 Å². The largest absolute Gasteiger partial charge is 0.428 e. The molecule has 0 saturated carbocycles. The molecule has 7 nitrogen and oxygen atoms in total. The summed E-state index contributed by atoms with van der Waals surface area (Å²) in [6.45, 7) is 2.02. The lowest BCUT2D eigenvalue weighted by molar-refractivity contribution is 0.178. The predicted octanol–water partition coefficient (Wildman–Crippen LogP) is 5.42. The highest BCUT2D eigenvalue weighted by Gasteiger charge is 2.21. The van der Waals surface area contributed by atoms with Gasteiger partial charge in [0.15, 0.2) is 0 Å². The number of hydrogen-bond donors (Lipinski definition) is 1. The van der Waals surface area contributed by atoms with Crippen LogP contribution in [0.25, 0.3) is 16.9 Å². The molecule has 0 spiro atoms. The minimum absolute atomic E-state index is 0.0358. The minimum atomic E-state index is -2.57. The van der Waals surface area contributed by atoms with Crippen molar-refractivity contribution >= 4 is 17.4 Å². The molecule has 180 valence electrons. The van der Waals surface area contributed by atoms with Gasteiger partial charge in [-0.2, -0.15) is 0 Å². The summed E-state index contributed by atoms with van der Waals surface area (Å²) < 4.78 is 42.1. The Balaban J connectivity index is 1.44. The van der Waals surface area contributed by atoms with Crippen LogP contribution >= 0.6 is 0 Å². The van der Waals surface area contributed by atoms with Gasteiger partial charge in [-0.1, -0.05) is 49.4 Å². The summed E-state index contributed by atoms with van der Waals surface area (Å²) in [5.41, 5.74) is 3.76. The van der Waals surface area contributed by atoms with Gasteiger partial charge in [0, 0.05) is 30.4 Å². The second kappa shape index (κ2) is 11.1. The van der Waals surface area contributed by atoms with E-state index in [-0.39, 0.29) is 12.3 Å². The van der Waals surface area contributed by atoms with Crippen molar-refractivity contribution in [2.45, 2.75) is 19.8 Å². The molecule has 1 atom stereocenters. The first-order valence-corrected chi connectivity index (χ1v) is 12.1. The maximum atomic E-state index is 13.0. The number of amides is 1. The third kappa shape index (κ3) is 6.00. The van der Waals surface area contributed by atoms with E-state index in [1.807, 2.05) is 65.4 Å². The zero-order valence-electron chi connectivity index (χ0n) is 19.0. The standard InChI is InChI=1S/C26H24FN3O4S/c1-2-25-28-24(20-6-4-3-5-7-20)18-29(25)22-12-8-19(9-13-22)16-17-30(35(32)33)26(31)34-23-14-10-21(27)11-15-23/h3-15,18H,2,16-17H2,1H3,(H,32,33). The molecule has 4 rings (SSSR count). The van der Waals surface area contributed by atoms with E-state index in [1.165, 1.54) is 12.1 Å². The van der Waals surface area contributed by atoms with E-state index in [2.05, 4.69) is 6.92 Å². The first-order chi connectivity index (χ1) is 16.9. The average molecular weight is 494 g/mol. The first-order valence-electron chi connectivity index (χ1n) is 11.0. The molecule has 0 aliphatic carbocycles. The smallest absolute Gasteiger partial charge is 0.409 e. The van der Waals surface area contributed by atoms with E-state index >= 15 is 0 Å². The molecule has 1 heterocycles.